The fourth-order valence-electron chi connectivity index (χ4n) is 1.48. The van der Waals surface area contributed by atoms with Crippen LogP contribution in [0.2, 0.25) is 0 Å². The number of carbonyl (C=O) groups is 4. The summed E-state index contributed by atoms with van der Waals surface area (Å²) in [4.78, 5) is 44.4. The average molecular weight is 300 g/mol. The molecule has 0 aromatic carbocycles. The van der Waals surface area contributed by atoms with E-state index in [1.165, 1.54) is 0 Å². The predicted octanol–water partition coefficient (Wildman–Crippen LogP) is -4.95. The van der Waals surface area contributed by atoms with Gasteiger partial charge in [-0.15, -0.1) is 0 Å². The molecule has 0 saturated carbocycles. The number of rotatable bonds is 11. The molecule has 0 aliphatic rings. The second kappa shape index (κ2) is 11.1. The molecule has 0 saturated heterocycles. The van der Waals surface area contributed by atoms with E-state index in [1.807, 2.05) is 0 Å². The molecule has 4 N–H and O–H groups in total. The van der Waals surface area contributed by atoms with Crippen LogP contribution >= 0.6 is 0 Å². The van der Waals surface area contributed by atoms with Crippen molar-refractivity contribution in [3.63, 3.8) is 0 Å². The Morgan fingerprint density at radius 1 is 0.619 bits per heavy atom. The number of hydrogen-bond donors (Lipinski definition) is 4. The van der Waals surface area contributed by atoms with Gasteiger partial charge >= 0.3 is 42.7 Å². The van der Waals surface area contributed by atoms with Gasteiger partial charge in [0.15, 0.2) is 0 Å². The predicted molar refractivity (Wildman–Crippen MR) is 64.5 cm³/mol. The molecule has 0 unspecified atom stereocenters. The summed E-state index contributed by atoms with van der Waals surface area (Å²) in [5.41, 5.74) is 0. The molecule has 0 amide bonds. The fraction of sp³-hybridized carbons (Fsp3) is 0.600. The van der Waals surface area contributed by atoms with E-state index in [4.69, 9.17) is 20.4 Å². The number of nitrogens with zero attached hydrogens (tertiary/aromatic N) is 2. The van der Waals surface area contributed by atoms with Crippen molar-refractivity contribution in [2.45, 2.75) is 0 Å². The van der Waals surface area contributed by atoms with E-state index in [2.05, 4.69) is 0 Å². The normalized spacial score (nSPS) is 10.2. The van der Waals surface area contributed by atoms with E-state index >= 15 is 0 Å². The average Bonchev–Trinajstić information content (AvgIpc) is 2.22. The van der Waals surface area contributed by atoms with Crippen LogP contribution in [-0.2, 0) is 19.2 Å². The number of hydrogen-bond acceptors (Lipinski definition) is 6. The molecule has 0 aromatic rings. The van der Waals surface area contributed by atoms with Gasteiger partial charge in [-0.3, -0.25) is 29.0 Å². The van der Waals surface area contributed by atoms with Gasteiger partial charge in [0, 0.05) is 13.1 Å². The van der Waals surface area contributed by atoms with Crippen molar-refractivity contribution in [2.75, 3.05) is 39.3 Å². The van der Waals surface area contributed by atoms with Crippen LogP contribution in [0.1, 0.15) is 1.43 Å². The minimum Gasteiger partial charge on any atom is -1.00 e. The van der Waals surface area contributed by atoms with Crippen molar-refractivity contribution in [3.05, 3.63) is 0 Å². The van der Waals surface area contributed by atoms with Crippen molar-refractivity contribution >= 4 is 23.9 Å². The van der Waals surface area contributed by atoms with Gasteiger partial charge < -0.3 is 21.9 Å². The largest absolute Gasteiger partial charge is 1.00 e. The maximum absolute atomic E-state index is 10.6. The Morgan fingerprint density at radius 2 is 0.810 bits per heavy atom. The molecule has 21 heavy (non-hydrogen) atoms. The zero-order valence-corrected chi connectivity index (χ0v) is 11.6. The minimum absolute atomic E-state index is 0. The van der Waals surface area contributed by atoms with Gasteiger partial charge in [0.05, 0.1) is 26.2 Å². The van der Waals surface area contributed by atoms with E-state index in [0.29, 0.717) is 0 Å². The first kappa shape index (κ1) is 21.7. The summed E-state index contributed by atoms with van der Waals surface area (Å²) in [6, 6.07) is 0. The van der Waals surface area contributed by atoms with Crippen molar-refractivity contribution < 1.29 is 59.9 Å². The number of aliphatic carboxylic acids is 4. The molecule has 0 heterocycles. The second-order valence-electron chi connectivity index (χ2n) is 4.00. The zero-order chi connectivity index (χ0) is 15.7. The van der Waals surface area contributed by atoms with Crippen molar-refractivity contribution in [1.82, 2.24) is 9.80 Å². The van der Waals surface area contributed by atoms with Gasteiger partial charge in [0.1, 0.15) is 0 Å². The van der Waals surface area contributed by atoms with Gasteiger partial charge in [-0.2, -0.15) is 0 Å². The SMILES string of the molecule is O=C(O)CN(CCN(CC(=O)O)CC(=O)O)CC(=O)O.[H-].[Li+]. The Bertz CT molecular complexity index is 327. The van der Waals surface area contributed by atoms with Crippen molar-refractivity contribution in [1.29, 1.82) is 0 Å². The molecular weight excluding hydrogens is 283 g/mol. The third-order valence-corrected chi connectivity index (χ3v) is 2.17. The van der Waals surface area contributed by atoms with Crippen LogP contribution in [0.15, 0.2) is 0 Å². The first-order chi connectivity index (χ1) is 9.20. The molecule has 0 aromatic heterocycles. The first-order valence-electron chi connectivity index (χ1n) is 5.52. The molecule has 10 nitrogen and oxygen atoms in total. The maximum Gasteiger partial charge on any atom is 1.00 e. The number of carboxylic acids is 4. The second-order valence-corrected chi connectivity index (χ2v) is 4.00. The summed E-state index contributed by atoms with van der Waals surface area (Å²) in [5, 5.41) is 34.5. The van der Waals surface area contributed by atoms with Crippen LogP contribution in [0.5, 0.6) is 0 Å². The fourth-order valence-corrected chi connectivity index (χ4v) is 1.48. The molecule has 0 radical (unpaired) electrons. The van der Waals surface area contributed by atoms with Gasteiger partial charge in [-0.05, 0) is 0 Å². The molecule has 0 aliphatic carbocycles. The van der Waals surface area contributed by atoms with Crippen LogP contribution < -0.4 is 18.9 Å². The van der Waals surface area contributed by atoms with Crippen molar-refractivity contribution in [3.8, 4) is 0 Å². The van der Waals surface area contributed by atoms with E-state index in [9.17, 15) is 19.2 Å². The van der Waals surface area contributed by atoms with Crippen LogP contribution in [-0.4, -0.2) is 93.4 Å². The topological polar surface area (TPSA) is 156 Å². The van der Waals surface area contributed by atoms with Crippen LogP contribution in [0.3, 0.4) is 0 Å². The van der Waals surface area contributed by atoms with Crippen LogP contribution in [0.4, 0.5) is 0 Å². The summed E-state index contributed by atoms with van der Waals surface area (Å²) < 4.78 is 0. The number of carboxylic acid groups (broad SMARTS) is 4. The summed E-state index contributed by atoms with van der Waals surface area (Å²) in [5.74, 6) is -4.91. The Labute approximate surface area is 133 Å². The molecule has 0 bridgehead atoms. The van der Waals surface area contributed by atoms with Crippen LogP contribution in [0.25, 0.3) is 0 Å². The third kappa shape index (κ3) is 13.1. The Balaban J connectivity index is -0.00000180. The molecule has 116 valence electrons. The minimum atomic E-state index is -1.23. The Morgan fingerprint density at radius 3 is 0.952 bits per heavy atom. The molecule has 0 fully saturated rings. The van der Waals surface area contributed by atoms with E-state index in [-0.39, 0.29) is 33.4 Å². The van der Waals surface area contributed by atoms with Gasteiger partial charge in [0.2, 0.25) is 0 Å². The summed E-state index contributed by atoms with van der Waals surface area (Å²) in [6.45, 7) is -2.25. The molecule has 0 atom stereocenters. The summed E-state index contributed by atoms with van der Waals surface area (Å²) >= 11 is 0. The van der Waals surface area contributed by atoms with Gasteiger partial charge in [-0.25, -0.2) is 0 Å². The first-order valence-corrected chi connectivity index (χ1v) is 5.52. The Hall–Kier alpha value is -1.60. The zero-order valence-electron chi connectivity index (χ0n) is 12.6. The molecule has 11 heteroatoms. The quantitative estimate of drug-likeness (QED) is 0.272. The van der Waals surface area contributed by atoms with Crippen LogP contribution in [0, 0.1) is 0 Å². The molecule has 0 aliphatic heterocycles. The van der Waals surface area contributed by atoms with E-state index in [0.717, 1.165) is 9.80 Å². The van der Waals surface area contributed by atoms with E-state index in [1.54, 1.807) is 0 Å². The summed E-state index contributed by atoms with van der Waals surface area (Å²) in [7, 11) is 0. The monoisotopic (exact) mass is 300 g/mol. The Kier molecular flexibility index (Phi) is 11.5. The van der Waals surface area contributed by atoms with Gasteiger partial charge in [0.25, 0.3) is 0 Å². The smallest absolute Gasteiger partial charge is 1.00 e. The molecular formula is C10H17LiN2O8. The standard InChI is InChI=1S/C10H16N2O8.Li.H/c13-7(14)3-11(4-8(15)16)1-2-12(5-9(17)18)6-10(19)20;;/h1-6H2,(H,13,14)(H,15,16)(H,17,18)(H,19,20);;/q;+1;-1. The maximum atomic E-state index is 10.6. The van der Waals surface area contributed by atoms with Gasteiger partial charge in [-0.1, -0.05) is 0 Å². The summed E-state index contributed by atoms with van der Waals surface area (Å²) in [6.07, 6.45) is 0. The van der Waals surface area contributed by atoms with Crippen molar-refractivity contribution in [2.24, 2.45) is 0 Å². The molecule has 0 rings (SSSR count). The van der Waals surface area contributed by atoms with E-state index < -0.39 is 50.1 Å². The third-order valence-electron chi connectivity index (χ3n) is 2.17. The molecule has 0 spiro atoms.